The average molecular weight is 583 g/mol. The van der Waals surface area contributed by atoms with Crippen molar-refractivity contribution in [3.05, 3.63) is 10.8 Å². The molecule has 109 valence electrons. The molecule has 0 aromatic rings. The van der Waals surface area contributed by atoms with Crippen molar-refractivity contribution in [3.63, 3.8) is 0 Å². The summed E-state index contributed by atoms with van der Waals surface area (Å²) in [5.74, 6) is 0. The number of nitrogens with zero attached hydrogens (tertiary/aromatic N) is 2. The number of thiocarbonyl (C=S) groups is 2. The van der Waals surface area contributed by atoms with Crippen LogP contribution < -0.4 is 6.15 Å². The SMILES string of the molecule is O=S(=O)([O-])[O-].O=S(=O)([O-])[O-].[Fe+3].[Hg+2].[N-]=C=S.[N-]=C=S.[NH4+]. The van der Waals surface area contributed by atoms with Crippen LogP contribution in [-0.2, 0) is 65.5 Å². The molecule has 0 spiro atoms. The Balaban J connectivity index is -0.0000000197. The number of hydrogen-bond acceptors (Lipinski definition) is 10. The molecule has 0 aliphatic carbocycles. The van der Waals surface area contributed by atoms with Crippen LogP contribution in [0.15, 0.2) is 0 Å². The van der Waals surface area contributed by atoms with Crippen LogP contribution in [-0.4, -0.2) is 45.4 Å². The fourth-order valence-electron chi connectivity index (χ4n) is 0. The van der Waals surface area contributed by atoms with Gasteiger partial charge < -0.3 is 35.2 Å². The van der Waals surface area contributed by atoms with Crippen LogP contribution in [0.25, 0.3) is 10.8 Å². The molecule has 0 rings (SSSR count). The van der Waals surface area contributed by atoms with E-state index >= 15 is 0 Å². The zero-order valence-corrected chi connectivity index (χ0v) is 18.7. The van der Waals surface area contributed by atoms with Crippen molar-refractivity contribution in [1.82, 2.24) is 6.15 Å². The van der Waals surface area contributed by atoms with Gasteiger partial charge in [-0.1, -0.05) is 24.4 Å². The molecule has 4 N–H and O–H groups in total. The quantitative estimate of drug-likeness (QED) is 0.120. The summed E-state index contributed by atoms with van der Waals surface area (Å²) in [4.78, 5) is 0. The van der Waals surface area contributed by atoms with E-state index in [1.54, 1.807) is 0 Å². The Morgan fingerprint density at radius 3 is 0.789 bits per heavy atom. The van der Waals surface area contributed by atoms with Crippen LogP contribution in [0.5, 0.6) is 0 Å². The third kappa shape index (κ3) is 9250. The summed E-state index contributed by atoms with van der Waals surface area (Å²) in [6, 6.07) is 0. The van der Waals surface area contributed by atoms with Crippen LogP contribution in [0.2, 0.25) is 0 Å². The standard InChI is InChI=1S/2CNS.Fe.Hg.H3N.2H2O4S/c2*2-1-3;;;;2*1-5(2,3)4/h;;;;1H3;2*(H2,1,2,3,4)/q2*-1;+3;+2;;;/p-3. The molecule has 0 unspecified atom stereocenters. The van der Waals surface area contributed by atoms with Gasteiger partial charge in [-0.2, -0.15) is 10.3 Å². The van der Waals surface area contributed by atoms with Crippen LogP contribution in [0.4, 0.5) is 0 Å². The molecule has 19 heavy (non-hydrogen) atoms. The summed E-state index contributed by atoms with van der Waals surface area (Å²) < 4.78 is 68.2. The van der Waals surface area contributed by atoms with Gasteiger partial charge in [-0.05, 0) is 0 Å². The van der Waals surface area contributed by atoms with Gasteiger partial charge in [-0.3, -0.25) is 16.8 Å². The number of quaternary nitrogens is 1. The third-order valence-electron chi connectivity index (χ3n) is 0. The molecule has 11 nitrogen and oxygen atoms in total. The van der Waals surface area contributed by atoms with Crippen molar-refractivity contribution in [1.29, 1.82) is 0 Å². The van der Waals surface area contributed by atoms with Crippen molar-refractivity contribution in [2.45, 2.75) is 0 Å². The zero-order valence-electron chi connectivity index (χ0n) is 8.85. The molecule has 0 fully saturated rings. The van der Waals surface area contributed by atoms with Gasteiger partial charge in [-0.25, -0.2) is 0 Å². The maximum atomic E-state index is 8.52. The fraction of sp³-hybridized carbons (Fsp3) is 0. The van der Waals surface area contributed by atoms with Crippen LogP contribution in [0.3, 0.4) is 0 Å². The van der Waals surface area contributed by atoms with E-state index in [4.69, 9.17) is 45.9 Å². The maximum absolute atomic E-state index is 8.52. The molecular formula is C2H4FeHgN3O8S4. The number of rotatable bonds is 0. The van der Waals surface area contributed by atoms with Crippen LogP contribution in [0.1, 0.15) is 0 Å². The van der Waals surface area contributed by atoms with E-state index in [2.05, 4.69) is 24.4 Å². The first-order valence-corrected chi connectivity index (χ1v) is 5.67. The second-order valence-electron chi connectivity index (χ2n) is 0.999. The first-order valence-electron chi connectivity index (χ1n) is 2.19. The van der Waals surface area contributed by atoms with E-state index in [9.17, 15) is 0 Å². The Labute approximate surface area is 151 Å². The number of isothiocyanates is 2. The van der Waals surface area contributed by atoms with E-state index in [1.165, 1.54) is 10.3 Å². The van der Waals surface area contributed by atoms with Gasteiger partial charge >= 0.3 is 44.7 Å². The van der Waals surface area contributed by atoms with Crippen molar-refractivity contribution in [2.24, 2.45) is 0 Å². The third-order valence-corrected chi connectivity index (χ3v) is 0. The van der Waals surface area contributed by atoms with E-state index in [1.807, 2.05) is 0 Å². The Bertz CT molecular complexity index is 365. The molecule has 0 amide bonds. The second-order valence-corrected chi connectivity index (χ2v) is 3.00. The summed E-state index contributed by atoms with van der Waals surface area (Å²) in [7, 11) is -10.3. The first kappa shape index (κ1) is 42.7. The summed E-state index contributed by atoms with van der Waals surface area (Å²) in [5.41, 5.74) is 0. The van der Waals surface area contributed by atoms with Gasteiger partial charge in [0.1, 0.15) is 0 Å². The number of hydrogen-bond donors (Lipinski definition) is 1. The van der Waals surface area contributed by atoms with E-state index in [0.29, 0.717) is 0 Å². The van der Waals surface area contributed by atoms with E-state index in [-0.39, 0.29) is 50.9 Å². The van der Waals surface area contributed by atoms with Gasteiger partial charge in [0.2, 0.25) is 0 Å². The molecule has 0 bridgehead atoms. The minimum Gasteiger partial charge on any atom is -0.759 e. The van der Waals surface area contributed by atoms with Gasteiger partial charge in [-0.15, -0.1) is 0 Å². The minimum atomic E-state index is -5.17. The Morgan fingerprint density at radius 1 is 0.789 bits per heavy atom. The first-order chi connectivity index (χ1) is 6.83. The molecule has 0 aromatic carbocycles. The molecule has 0 aliphatic rings. The predicted molar refractivity (Wildman–Crippen MR) is 58.8 cm³/mol. The van der Waals surface area contributed by atoms with Crippen LogP contribution >= 0.6 is 24.4 Å². The molecule has 0 saturated heterocycles. The van der Waals surface area contributed by atoms with Crippen molar-refractivity contribution in [3.8, 4) is 0 Å². The average Bonchev–Trinajstić information content (AvgIpc) is 1.79. The monoisotopic (exact) mass is 584 g/mol. The Morgan fingerprint density at radius 2 is 0.789 bits per heavy atom. The fourth-order valence-corrected chi connectivity index (χ4v) is 0. The molecule has 0 saturated carbocycles. The van der Waals surface area contributed by atoms with Crippen molar-refractivity contribution < 1.29 is 79.8 Å². The van der Waals surface area contributed by atoms with Gasteiger partial charge in [0.25, 0.3) is 0 Å². The summed E-state index contributed by atoms with van der Waals surface area (Å²) in [6.07, 6.45) is 0. The molecule has 0 aliphatic heterocycles. The Kier molecular flexibility index (Phi) is 61.0. The van der Waals surface area contributed by atoms with Gasteiger partial charge in [0.05, 0.1) is 0 Å². The topological polar surface area (TPSA) is 242 Å². The molecular weight excluding hydrogens is 579 g/mol. The zero-order chi connectivity index (χ0) is 14.4. The molecule has 0 aromatic heterocycles. The Hall–Kier alpha value is 0.755. The summed E-state index contributed by atoms with van der Waals surface area (Å²) in [6.45, 7) is 0. The maximum Gasteiger partial charge on any atom is 3.00 e. The van der Waals surface area contributed by atoms with Crippen molar-refractivity contribution in [2.75, 3.05) is 0 Å². The summed E-state index contributed by atoms with van der Waals surface area (Å²) >= 11 is 7.40. The van der Waals surface area contributed by atoms with Gasteiger partial charge in [0, 0.05) is 20.8 Å². The van der Waals surface area contributed by atoms with Gasteiger partial charge in [0.15, 0.2) is 0 Å². The predicted octanol–water partition coefficient (Wildman–Crippen LogP) is -0.988. The smallest absolute Gasteiger partial charge is 0.759 e. The second kappa shape index (κ2) is 27.2. The largest absolute Gasteiger partial charge is 3.00 e. The molecule has 0 atom stereocenters. The van der Waals surface area contributed by atoms with Crippen LogP contribution in [0, 0.1) is 0 Å². The normalized spacial score (nSPS) is 6.95. The van der Waals surface area contributed by atoms with E-state index in [0.717, 1.165) is 0 Å². The summed E-state index contributed by atoms with van der Waals surface area (Å²) in [5, 5.41) is 16.9. The molecule has 17 heteroatoms. The van der Waals surface area contributed by atoms with Crippen molar-refractivity contribution >= 4 is 55.6 Å². The molecule has 1 radical (unpaired) electrons. The minimum absolute atomic E-state index is 0. The molecule has 0 heterocycles. The van der Waals surface area contributed by atoms with E-state index < -0.39 is 20.8 Å².